The van der Waals surface area contributed by atoms with Crippen LogP contribution in [0.2, 0.25) is 0 Å². The van der Waals surface area contributed by atoms with Gasteiger partial charge in [0.2, 0.25) is 0 Å². The van der Waals surface area contributed by atoms with Crippen molar-refractivity contribution in [3.8, 4) is 0 Å². The largest absolute Gasteiger partial charge is 0.471 e. The molecule has 0 saturated carbocycles. The van der Waals surface area contributed by atoms with Gasteiger partial charge in [0, 0.05) is 18.6 Å². The minimum atomic E-state index is -4.86. The molecule has 1 fully saturated rings. The smallest absolute Gasteiger partial charge is 0.330 e. The average molecular weight is 358 g/mol. The maximum Gasteiger partial charge on any atom is 0.471 e. The number of hydroxylamine groups is 1. The van der Waals surface area contributed by atoms with Crippen LogP contribution in [0.5, 0.6) is 0 Å². The van der Waals surface area contributed by atoms with Crippen molar-refractivity contribution in [2.75, 3.05) is 6.54 Å². The molecule has 140 valence electrons. The van der Waals surface area contributed by atoms with Gasteiger partial charge in [-0.1, -0.05) is 51.1 Å². The quantitative estimate of drug-likeness (QED) is 0.835. The number of likely N-dealkylation sites (tertiary alicyclic amines) is 1. The summed E-state index contributed by atoms with van der Waals surface area (Å²) in [4.78, 5) is 18.2. The predicted octanol–water partition coefficient (Wildman–Crippen LogP) is 3.68. The number of carbonyl (C=O) groups excluding carboxylic acids is 1. The summed E-state index contributed by atoms with van der Waals surface area (Å²) in [6.07, 6.45) is -3.72. The Morgan fingerprint density at radius 1 is 1.20 bits per heavy atom. The number of rotatable bonds is 4. The predicted molar refractivity (Wildman–Crippen MR) is 88.4 cm³/mol. The second-order valence-electron chi connectivity index (χ2n) is 7.50. The molecule has 2 rings (SSSR count). The van der Waals surface area contributed by atoms with Gasteiger partial charge in [-0.2, -0.15) is 18.7 Å². The van der Waals surface area contributed by atoms with Crippen LogP contribution in [0.15, 0.2) is 30.3 Å². The fraction of sp³-hybridized carbons (Fsp3) is 0.611. The molecule has 0 aromatic heterocycles. The topological polar surface area (TPSA) is 41.6 Å². The molecule has 1 heterocycles. The van der Waals surface area contributed by atoms with Crippen LogP contribution < -0.4 is 5.48 Å². The molecule has 0 unspecified atom stereocenters. The Bertz CT molecular complexity index is 570. The molecule has 1 aliphatic rings. The lowest BCUT2D eigenvalue weighted by Gasteiger charge is -2.46. The number of nitrogens with zero attached hydrogens (tertiary/aromatic N) is 1. The van der Waals surface area contributed by atoms with Gasteiger partial charge in [-0.05, 0) is 23.8 Å². The van der Waals surface area contributed by atoms with Gasteiger partial charge in [0.15, 0.2) is 0 Å². The molecule has 1 aliphatic heterocycles. The van der Waals surface area contributed by atoms with E-state index in [0.29, 0.717) is 19.4 Å². The highest BCUT2D eigenvalue weighted by molar-refractivity contribution is 5.82. The fourth-order valence-corrected chi connectivity index (χ4v) is 3.17. The highest BCUT2D eigenvalue weighted by Crippen LogP contribution is 2.34. The molecule has 25 heavy (non-hydrogen) atoms. The summed E-state index contributed by atoms with van der Waals surface area (Å²) >= 11 is 0. The maximum atomic E-state index is 13.0. The Morgan fingerprint density at radius 2 is 1.84 bits per heavy atom. The van der Waals surface area contributed by atoms with Gasteiger partial charge in [0.25, 0.3) is 0 Å². The highest BCUT2D eigenvalue weighted by Gasteiger charge is 2.48. The average Bonchev–Trinajstić information content (AvgIpc) is 2.53. The van der Waals surface area contributed by atoms with Crippen molar-refractivity contribution < 1.29 is 22.8 Å². The first-order valence-electron chi connectivity index (χ1n) is 8.38. The second-order valence-corrected chi connectivity index (χ2v) is 7.50. The maximum absolute atomic E-state index is 13.0. The van der Waals surface area contributed by atoms with Gasteiger partial charge in [0.1, 0.15) is 0 Å². The molecule has 2 atom stereocenters. The lowest BCUT2D eigenvalue weighted by molar-refractivity contribution is -0.193. The summed E-state index contributed by atoms with van der Waals surface area (Å²) in [6.45, 7) is 5.86. The van der Waals surface area contributed by atoms with E-state index in [0.717, 1.165) is 10.5 Å². The van der Waals surface area contributed by atoms with E-state index in [1.165, 1.54) is 0 Å². The van der Waals surface area contributed by atoms with Crippen LogP contribution in [0.1, 0.15) is 39.2 Å². The van der Waals surface area contributed by atoms with Gasteiger partial charge in [-0.15, -0.1) is 0 Å². The zero-order valence-electron chi connectivity index (χ0n) is 14.8. The molecule has 1 aromatic rings. The lowest BCUT2D eigenvalue weighted by Crippen LogP contribution is -2.59. The highest BCUT2D eigenvalue weighted by atomic mass is 19.4. The van der Waals surface area contributed by atoms with E-state index in [2.05, 4.69) is 5.48 Å². The Balaban J connectivity index is 1.98. The first-order chi connectivity index (χ1) is 11.6. The van der Waals surface area contributed by atoms with Crippen molar-refractivity contribution in [1.29, 1.82) is 0 Å². The van der Waals surface area contributed by atoms with Gasteiger partial charge >= 0.3 is 12.1 Å². The number of nitrogens with one attached hydrogen (secondary N) is 1. The normalized spacial score (nSPS) is 22.1. The first-order valence-corrected chi connectivity index (χ1v) is 8.38. The summed E-state index contributed by atoms with van der Waals surface area (Å²) in [6, 6.07) is 8.69. The van der Waals surface area contributed by atoms with Crippen molar-refractivity contribution in [1.82, 2.24) is 10.4 Å². The molecule has 0 bridgehead atoms. The minimum Gasteiger partial charge on any atom is -0.330 e. The summed E-state index contributed by atoms with van der Waals surface area (Å²) in [5.41, 5.74) is 3.36. The van der Waals surface area contributed by atoms with E-state index < -0.39 is 23.5 Å². The third kappa shape index (κ3) is 5.44. The molecule has 0 spiro atoms. The summed E-state index contributed by atoms with van der Waals surface area (Å²) < 4.78 is 38.9. The van der Waals surface area contributed by atoms with E-state index in [-0.39, 0.29) is 12.6 Å². The molecule has 1 saturated heterocycles. The molecule has 0 radical (unpaired) electrons. The van der Waals surface area contributed by atoms with Crippen LogP contribution in [-0.2, 0) is 16.2 Å². The van der Waals surface area contributed by atoms with E-state index in [4.69, 9.17) is 4.84 Å². The van der Waals surface area contributed by atoms with Gasteiger partial charge in [0.05, 0.1) is 6.61 Å². The van der Waals surface area contributed by atoms with E-state index in [9.17, 15) is 18.0 Å². The number of hydrogen-bond donors (Lipinski definition) is 1. The summed E-state index contributed by atoms with van der Waals surface area (Å²) in [7, 11) is 0. The van der Waals surface area contributed by atoms with Crippen LogP contribution in [0.25, 0.3) is 0 Å². The summed E-state index contributed by atoms with van der Waals surface area (Å²) in [5.74, 6) is -1.78. The molecular weight excluding hydrogens is 333 g/mol. The van der Waals surface area contributed by atoms with Crippen LogP contribution in [0, 0.1) is 5.41 Å². The van der Waals surface area contributed by atoms with Crippen LogP contribution in [0.4, 0.5) is 13.2 Å². The van der Waals surface area contributed by atoms with Gasteiger partial charge in [-0.3, -0.25) is 9.63 Å². The van der Waals surface area contributed by atoms with Crippen LogP contribution >= 0.6 is 0 Å². The Kier molecular flexibility index (Phi) is 6.11. The lowest BCUT2D eigenvalue weighted by atomic mass is 9.79. The molecule has 4 nitrogen and oxygen atoms in total. The van der Waals surface area contributed by atoms with Crippen molar-refractivity contribution in [2.24, 2.45) is 5.41 Å². The van der Waals surface area contributed by atoms with Crippen molar-refractivity contribution in [3.63, 3.8) is 0 Å². The third-order valence-electron chi connectivity index (χ3n) is 4.42. The first kappa shape index (κ1) is 19.7. The van der Waals surface area contributed by atoms with Crippen LogP contribution in [0.3, 0.4) is 0 Å². The van der Waals surface area contributed by atoms with E-state index in [1.54, 1.807) is 0 Å². The number of alkyl halides is 3. The number of hydrogen-bond acceptors (Lipinski definition) is 3. The van der Waals surface area contributed by atoms with Crippen molar-refractivity contribution in [3.05, 3.63) is 35.9 Å². The van der Waals surface area contributed by atoms with Crippen LogP contribution in [-0.4, -0.2) is 35.6 Å². The summed E-state index contributed by atoms with van der Waals surface area (Å²) in [5, 5.41) is 0. The van der Waals surface area contributed by atoms with E-state index in [1.807, 2.05) is 51.1 Å². The molecule has 1 N–H and O–H groups in total. The number of piperidine rings is 1. The minimum absolute atomic E-state index is 0.0188. The molecule has 1 amide bonds. The van der Waals surface area contributed by atoms with Gasteiger partial charge in [-0.25, -0.2) is 0 Å². The molecule has 0 aliphatic carbocycles. The zero-order valence-corrected chi connectivity index (χ0v) is 14.8. The third-order valence-corrected chi connectivity index (χ3v) is 4.42. The number of halogens is 3. The molecular formula is C18H25F3N2O2. The molecule has 7 heteroatoms. The SMILES string of the molecule is CC(C)(C)[C@@H]1CC[C@@H](NOCc2ccccc2)CN1C(=O)C(F)(F)F. The van der Waals surface area contributed by atoms with Crippen molar-refractivity contribution >= 4 is 5.91 Å². The second kappa shape index (κ2) is 7.74. The Labute approximate surface area is 146 Å². The Morgan fingerprint density at radius 3 is 2.40 bits per heavy atom. The van der Waals surface area contributed by atoms with Gasteiger partial charge < -0.3 is 4.90 Å². The van der Waals surface area contributed by atoms with Crippen molar-refractivity contribution in [2.45, 2.75) is 58.5 Å². The monoisotopic (exact) mass is 358 g/mol. The Hall–Kier alpha value is -1.60. The number of carbonyl (C=O) groups is 1. The fourth-order valence-electron chi connectivity index (χ4n) is 3.17. The number of amides is 1. The zero-order chi connectivity index (χ0) is 18.7. The molecule has 1 aromatic carbocycles. The standard InChI is InChI=1S/C18H25F3N2O2/c1-17(2,3)15-10-9-14(11-23(15)16(24)18(19,20)21)22-25-12-13-7-5-4-6-8-13/h4-8,14-15,22H,9-12H2,1-3H3/t14-,15+/m1/s1. The van der Waals surface area contributed by atoms with E-state index >= 15 is 0 Å². The number of benzene rings is 1.